The molecule has 1 heterocycles. The zero-order chi connectivity index (χ0) is 12.7. The van der Waals surface area contributed by atoms with Crippen LogP contribution >= 0.6 is 0 Å². The van der Waals surface area contributed by atoms with Crippen molar-refractivity contribution < 1.29 is 22.4 Å². The Kier molecular flexibility index (Phi) is 2.48. The fraction of sp³-hybridized carbons (Fsp3) is 0.300. The number of alkyl halides is 3. The molecule has 0 radical (unpaired) electrons. The zero-order valence-corrected chi connectivity index (χ0v) is 8.44. The summed E-state index contributed by atoms with van der Waals surface area (Å²) in [5.41, 5.74) is -2.69. The van der Waals surface area contributed by atoms with Crippen molar-refractivity contribution in [3.05, 3.63) is 35.6 Å². The van der Waals surface area contributed by atoms with E-state index in [1.54, 1.807) is 0 Å². The molecule has 1 atom stereocenters. The molecule has 1 fully saturated rings. The third kappa shape index (κ3) is 1.81. The number of hydrogen-bond acceptors (Lipinski definition) is 1. The van der Waals surface area contributed by atoms with Crippen LogP contribution < -0.4 is 10.6 Å². The van der Waals surface area contributed by atoms with Crippen molar-refractivity contribution >= 4 is 6.03 Å². The summed E-state index contributed by atoms with van der Waals surface area (Å²) in [5.74, 6) is -0.636. The number of halogens is 4. The van der Waals surface area contributed by atoms with Crippen LogP contribution in [0.4, 0.5) is 22.4 Å². The van der Waals surface area contributed by atoms with Crippen molar-refractivity contribution in [3.63, 3.8) is 0 Å². The first kappa shape index (κ1) is 11.7. The quantitative estimate of drug-likeness (QED) is 0.732. The van der Waals surface area contributed by atoms with Gasteiger partial charge in [-0.1, -0.05) is 12.1 Å². The maximum atomic E-state index is 13.0. The van der Waals surface area contributed by atoms with Crippen molar-refractivity contribution in [2.24, 2.45) is 0 Å². The van der Waals surface area contributed by atoms with Gasteiger partial charge in [-0.3, -0.25) is 0 Å². The molecule has 1 aliphatic rings. The molecule has 0 bridgehead atoms. The van der Waals surface area contributed by atoms with Crippen LogP contribution in [0.3, 0.4) is 0 Å². The van der Waals surface area contributed by atoms with E-state index in [4.69, 9.17) is 0 Å². The number of urea groups is 1. The second kappa shape index (κ2) is 3.61. The van der Waals surface area contributed by atoms with Gasteiger partial charge < -0.3 is 10.6 Å². The summed E-state index contributed by atoms with van der Waals surface area (Å²) in [6.45, 7) is -0.610. The summed E-state index contributed by atoms with van der Waals surface area (Å²) >= 11 is 0. The molecule has 2 N–H and O–H groups in total. The summed E-state index contributed by atoms with van der Waals surface area (Å²) < 4.78 is 51.8. The molecule has 2 rings (SSSR count). The Hall–Kier alpha value is -1.79. The maximum Gasteiger partial charge on any atom is 0.417 e. The fourth-order valence-corrected chi connectivity index (χ4v) is 1.74. The van der Waals surface area contributed by atoms with Crippen LogP contribution in [0.25, 0.3) is 0 Å². The van der Waals surface area contributed by atoms with E-state index in [-0.39, 0.29) is 5.56 Å². The van der Waals surface area contributed by atoms with Gasteiger partial charge in [-0.15, -0.1) is 0 Å². The second-order valence-corrected chi connectivity index (χ2v) is 3.72. The topological polar surface area (TPSA) is 41.1 Å². The van der Waals surface area contributed by atoms with Gasteiger partial charge in [0.15, 0.2) is 5.54 Å². The lowest BCUT2D eigenvalue weighted by Gasteiger charge is -2.30. The number of carbonyl (C=O) groups is 1. The third-order valence-electron chi connectivity index (χ3n) is 2.66. The van der Waals surface area contributed by atoms with Gasteiger partial charge in [0.05, 0.1) is 6.54 Å². The van der Waals surface area contributed by atoms with Gasteiger partial charge in [0.1, 0.15) is 5.82 Å². The third-order valence-corrected chi connectivity index (χ3v) is 2.66. The van der Waals surface area contributed by atoms with E-state index in [1.807, 2.05) is 5.32 Å². The van der Waals surface area contributed by atoms with E-state index in [0.717, 1.165) is 24.3 Å². The van der Waals surface area contributed by atoms with E-state index in [9.17, 15) is 22.4 Å². The molecule has 1 aliphatic heterocycles. The maximum absolute atomic E-state index is 13.0. The zero-order valence-electron chi connectivity index (χ0n) is 8.44. The monoisotopic (exact) mass is 248 g/mol. The number of rotatable bonds is 1. The predicted molar refractivity (Wildman–Crippen MR) is 50.7 cm³/mol. The molecule has 17 heavy (non-hydrogen) atoms. The van der Waals surface area contributed by atoms with Gasteiger partial charge >= 0.3 is 12.2 Å². The van der Waals surface area contributed by atoms with Crippen molar-refractivity contribution in [1.29, 1.82) is 0 Å². The van der Waals surface area contributed by atoms with E-state index >= 15 is 0 Å². The molecule has 3 nitrogen and oxygen atoms in total. The highest BCUT2D eigenvalue weighted by Crippen LogP contribution is 2.40. The largest absolute Gasteiger partial charge is 0.417 e. The SMILES string of the molecule is O=C1NCC(c2ccc(F)cc2)(C(F)(F)F)N1. The summed E-state index contributed by atoms with van der Waals surface area (Å²) in [5, 5.41) is 3.91. The van der Waals surface area contributed by atoms with Crippen molar-refractivity contribution in [2.75, 3.05) is 6.54 Å². The molecule has 7 heteroatoms. The highest BCUT2D eigenvalue weighted by atomic mass is 19.4. The fourth-order valence-electron chi connectivity index (χ4n) is 1.74. The minimum absolute atomic E-state index is 0.204. The standard InChI is InChI=1S/C10H8F4N2O/c11-7-3-1-6(2-4-7)9(10(12,13)14)5-15-8(17)16-9/h1-4H,5H2,(H2,15,16,17). The minimum atomic E-state index is -4.66. The Morgan fingerprint density at radius 2 is 1.76 bits per heavy atom. The lowest BCUT2D eigenvalue weighted by Crippen LogP contribution is -2.52. The van der Waals surface area contributed by atoms with Gasteiger partial charge in [0.25, 0.3) is 0 Å². The Labute approximate surface area is 93.8 Å². The van der Waals surface area contributed by atoms with E-state index in [2.05, 4.69) is 5.32 Å². The van der Waals surface area contributed by atoms with Crippen LogP contribution in [0, 0.1) is 5.82 Å². The molecule has 1 unspecified atom stereocenters. The summed E-state index contributed by atoms with van der Waals surface area (Å²) in [7, 11) is 0. The number of nitrogens with one attached hydrogen (secondary N) is 2. The number of amides is 2. The van der Waals surface area contributed by atoms with Crippen molar-refractivity contribution in [1.82, 2.24) is 10.6 Å². The molecule has 1 aromatic rings. The molecule has 0 saturated carbocycles. The predicted octanol–water partition coefficient (Wildman–Crippen LogP) is 1.90. The Morgan fingerprint density at radius 3 is 2.18 bits per heavy atom. The minimum Gasteiger partial charge on any atom is -0.335 e. The molecular formula is C10H8F4N2O. The molecule has 1 aromatic carbocycles. The second-order valence-electron chi connectivity index (χ2n) is 3.72. The number of hydrogen-bond donors (Lipinski definition) is 2. The van der Waals surface area contributed by atoms with Crippen LogP contribution in [-0.2, 0) is 5.54 Å². The van der Waals surface area contributed by atoms with E-state index in [1.165, 1.54) is 0 Å². The highest BCUT2D eigenvalue weighted by Gasteiger charge is 2.59. The normalized spacial score (nSPS) is 24.4. The van der Waals surface area contributed by atoms with Crippen LogP contribution in [0.5, 0.6) is 0 Å². The Balaban J connectivity index is 2.48. The van der Waals surface area contributed by atoms with Crippen LogP contribution in [0.15, 0.2) is 24.3 Å². The van der Waals surface area contributed by atoms with Gasteiger partial charge in [0.2, 0.25) is 0 Å². The number of carbonyl (C=O) groups excluding carboxylic acids is 1. The van der Waals surface area contributed by atoms with Crippen LogP contribution in [0.1, 0.15) is 5.56 Å². The van der Waals surface area contributed by atoms with Gasteiger partial charge in [-0.25, -0.2) is 9.18 Å². The van der Waals surface area contributed by atoms with Crippen LogP contribution in [-0.4, -0.2) is 18.8 Å². The molecule has 2 amide bonds. The Bertz CT molecular complexity index is 443. The molecule has 92 valence electrons. The summed E-state index contributed by atoms with van der Waals surface area (Å²) in [6, 6.07) is 2.97. The smallest absolute Gasteiger partial charge is 0.335 e. The van der Waals surface area contributed by atoms with Gasteiger partial charge in [-0.05, 0) is 17.7 Å². The Morgan fingerprint density at radius 1 is 1.18 bits per heavy atom. The molecule has 0 aliphatic carbocycles. The lowest BCUT2D eigenvalue weighted by molar-refractivity contribution is -0.190. The lowest BCUT2D eigenvalue weighted by atomic mass is 9.90. The summed E-state index contributed by atoms with van der Waals surface area (Å²) in [6.07, 6.45) is -4.66. The molecule has 0 aromatic heterocycles. The average Bonchev–Trinajstić information content (AvgIpc) is 2.62. The van der Waals surface area contributed by atoms with Gasteiger partial charge in [-0.2, -0.15) is 13.2 Å². The van der Waals surface area contributed by atoms with Crippen molar-refractivity contribution in [3.8, 4) is 0 Å². The average molecular weight is 248 g/mol. The first-order chi connectivity index (χ1) is 7.85. The summed E-state index contributed by atoms with van der Waals surface area (Å²) in [4.78, 5) is 10.9. The highest BCUT2D eigenvalue weighted by molar-refractivity contribution is 5.78. The van der Waals surface area contributed by atoms with Gasteiger partial charge in [0, 0.05) is 0 Å². The molecule has 0 spiro atoms. The molecular weight excluding hydrogens is 240 g/mol. The molecule has 1 saturated heterocycles. The van der Waals surface area contributed by atoms with Crippen molar-refractivity contribution in [2.45, 2.75) is 11.7 Å². The first-order valence-corrected chi connectivity index (χ1v) is 4.74. The van der Waals surface area contributed by atoms with E-state index < -0.39 is 30.1 Å². The van der Waals surface area contributed by atoms with Crippen LogP contribution in [0.2, 0.25) is 0 Å². The first-order valence-electron chi connectivity index (χ1n) is 4.74. The number of benzene rings is 1. The van der Waals surface area contributed by atoms with E-state index in [0.29, 0.717) is 0 Å².